The van der Waals surface area contributed by atoms with Gasteiger partial charge in [-0.05, 0) is 50.9 Å². The highest BCUT2D eigenvalue weighted by atomic mass is 16.5. The van der Waals surface area contributed by atoms with Crippen LogP contribution in [0.4, 0.5) is 0 Å². The molecule has 0 unspecified atom stereocenters. The van der Waals surface area contributed by atoms with E-state index in [1.165, 1.54) is 69.1 Å². The van der Waals surface area contributed by atoms with E-state index in [4.69, 9.17) is 4.74 Å². The number of carbonyl (C=O) groups is 3. The second kappa shape index (κ2) is 22.4. The Morgan fingerprint density at radius 1 is 0.634 bits per heavy atom. The zero-order valence-electron chi connectivity index (χ0n) is 26.3. The van der Waals surface area contributed by atoms with Crippen LogP contribution in [0.5, 0.6) is 0 Å². The van der Waals surface area contributed by atoms with Gasteiger partial charge in [0.05, 0.1) is 17.7 Å². The van der Waals surface area contributed by atoms with Crippen LogP contribution in [0.1, 0.15) is 157 Å². The molecular formula is C35H58N2O4. The molecule has 0 bridgehead atoms. The van der Waals surface area contributed by atoms with Crippen LogP contribution >= 0.6 is 0 Å². The predicted octanol–water partition coefficient (Wildman–Crippen LogP) is 8.58. The normalized spacial score (nSPS) is 12.9. The molecule has 232 valence electrons. The Bertz CT molecular complexity index is 836. The van der Waals surface area contributed by atoms with Gasteiger partial charge in [-0.2, -0.15) is 0 Å². The third-order valence-corrected chi connectivity index (χ3v) is 8.21. The lowest BCUT2D eigenvalue weighted by Crippen LogP contribution is -2.39. The van der Waals surface area contributed by atoms with Crippen LogP contribution in [-0.4, -0.2) is 60.4 Å². The van der Waals surface area contributed by atoms with Gasteiger partial charge in [0.1, 0.15) is 0 Å². The summed E-state index contributed by atoms with van der Waals surface area (Å²) in [6.07, 6.45) is 22.0. The van der Waals surface area contributed by atoms with Crippen molar-refractivity contribution in [1.82, 2.24) is 9.80 Å². The standard InChI is InChI=1S/C35H58N2O4/c1-3-5-7-9-11-16-22-30-41-33(38)25-17-13-12-15-21-27-36(26-20-14-10-8-6-4-2)28-29-37-34(39)31-23-18-19-24-32(31)35(37)40/h18-19,23-24H,3-17,20-22,25-30H2,1-2H3. The molecule has 6 nitrogen and oxygen atoms in total. The summed E-state index contributed by atoms with van der Waals surface area (Å²) >= 11 is 0. The molecule has 0 spiro atoms. The van der Waals surface area contributed by atoms with Crippen molar-refractivity contribution in [2.75, 3.05) is 32.8 Å². The van der Waals surface area contributed by atoms with Crippen LogP contribution < -0.4 is 0 Å². The van der Waals surface area contributed by atoms with Crippen molar-refractivity contribution < 1.29 is 19.1 Å². The highest BCUT2D eigenvalue weighted by Gasteiger charge is 2.34. The zero-order valence-corrected chi connectivity index (χ0v) is 26.3. The van der Waals surface area contributed by atoms with E-state index in [-0.39, 0.29) is 17.8 Å². The molecule has 0 saturated carbocycles. The fourth-order valence-corrected chi connectivity index (χ4v) is 5.59. The molecule has 1 aromatic carbocycles. The summed E-state index contributed by atoms with van der Waals surface area (Å²) in [7, 11) is 0. The Morgan fingerprint density at radius 3 is 1.63 bits per heavy atom. The third kappa shape index (κ3) is 14.5. The van der Waals surface area contributed by atoms with Crippen LogP contribution in [0.3, 0.4) is 0 Å². The van der Waals surface area contributed by atoms with E-state index in [0.29, 0.717) is 30.7 Å². The average Bonchev–Trinajstić information content (AvgIpc) is 3.22. The fourth-order valence-electron chi connectivity index (χ4n) is 5.59. The summed E-state index contributed by atoms with van der Waals surface area (Å²) in [5.41, 5.74) is 1.06. The molecule has 1 heterocycles. The van der Waals surface area contributed by atoms with Crippen molar-refractivity contribution in [3.05, 3.63) is 35.4 Å². The maximum atomic E-state index is 12.8. The minimum absolute atomic E-state index is 0.0470. The summed E-state index contributed by atoms with van der Waals surface area (Å²) in [4.78, 5) is 41.4. The van der Waals surface area contributed by atoms with E-state index >= 15 is 0 Å². The summed E-state index contributed by atoms with van der Waals surface area (Å²) in [6.45, 7) is 8.22. The highest BCUT2D eigenvalue weighted by Crippen LogP contribution is 2.22. The highest BCUT2D eigenvalue weighted by molar-refractivity contribution is 6.21. The number of ether oxygens (including phenoxy) is 1. The van der Waals surface area contributed by atoms with Crippen molar-refractivity contribution in [3.63, 3.8) is 0 Å². The van der Waals surface area contributed by atoms with Gasteiger partial charge in [-0.15, -0.1) is 0 Å². The van der Waals surface area contributed by atoms with Crippen molar-refractivity contribution in [1.29, 1.82) is 0 Å². The second-order valence-electron chi connectivity index (χ2n) is 11.8. The molecule has 0 fully saturated rings. The molecular weight excluding hydrogens is 512 g/mol. The Kier molecular flexibility index (Phi) is 19.1. The molecule has 0 saturated heterocycles. The smallest absolute Gasteiger partial charge is 0.305 e. The molecule has 0 atom stereocenters. The summed E-state index contributed by atoms with van der Waals surface area (Å²) in [5, 5.41) is 0. The van der Waals surface area contributed by atoms with Gasteiger partial charge in [0.2, 0.25) is 0 Å². The molecule has 0 aliphatic carbocycles. The Hall–Kier alpha value is -2.21. The predicted molar refractivity (Wildman–Crippen MR) is 168 cm³/mol. The number of hydrogen-bond donors (Lipinski definition) is 0. The molecule has 0 N–H and O–H groups in total. The topological polar surface area (TPSA) is 66.9 Å². The van der Waals surface area contributed by atoms with Gasteiger partial charge in [-0.3, -0.25) is 19.3 Å². The number of carbonyl (C=O) groups excluding carboxylic acids is 3. The minimum atomic E-state index is -0.161. The number of imide groups is 1. The number of unbranched alkanes of at least 4 members (excludes halogenated alkanes) is 15. The number of nitrogens with zero attached hydrogens (tertiary/aromatic N) is 2. The number of fused-ring (bicyclic) bond motifs is 1. The molecule has 0 aromatic heterocycles. The Labute approximate surface area is 250 Å². The van der Waals surface area contributed by atoms with Gasteiger partial charge < -0.3 is 9.64 Å². The maximum Gasteiger partial charge on any atom is 0.305 e. The van der Waals surface area contributed by atoms with Crippen LogP contribution in [-0.2, 0) is 9.53 Å². The SMILES string of the molecule is CCCCCCCCCOC(=O)CCCCCCCN(CCCCCCCC)CCN1C(=O)c2ccccc2C1=O. The van der Waals surface area contributed by atoms with Crippen LogP contribution in [0.2, 0.25) is 0 Å². The van der Waals surface area contributed by atoms with E-state index in [1.807, 2.05) is 12.1 Å². The van der Waals surface area contributed by atoms with E-state index in [0.717, 1.165) is 71.0 Å². The average molecular weight is 571 g/mol. The lowest BCUT2D eigenvalue weighted by Gasteiger charge is -2.25. The number of rotatable bonds is 26. The number of amides is 2. The first-order valence-corrected chi connectivity index (χ1v) is 16.9. The fraction of sp³-hybridized carbons (Fsp3) is 0.743. The van der Waals surface area contributed by atoms with Gasteiger partial charge in [0, 0.05) is 19.5 Å². The van der Waals surface area contributed by atoms with Gasteiger partial charge in [0.15, 0.2) is 0 Å². The van der Waals surface area contributed by atoms with Crippen molar-refractivity contribution >= 4 is 17.8 Å². The van der Waals surface area contributed by atoms with Gasteiger partial charge in [-0.25, -0.2) is 0 Å². The van der Waals surface area contributed by atoms with E-state index < -0.39 is 0 Å². The van der Waals surface area contributed by atoms with E-state index in [1.54, 1.807) is 12.1 Å². The van der Waals surface area contributed by atoms with Gasteiger partial charge in [-0.1, -0.05) is 116 Å². The first kappa shape index (κ1) is 35.0. The quantitative estimate of drug-likeness (QED) is 0.0634. The summed E-state index contributed by atoms with van der Waals surface area (Å²) in [6, 6.07) is 7.14. The summed E-state index contributed by atoms with van der Waals surface area (Å²) < 4.78 is 5.40. The minimum Gasteiger partial charge on any atom is -0.466 e. The van der Waals surface area contributed by atoms with E-state index in [9.17, 15) is 14.4 Å². The maximum absolute atomic E-state index is 12.8. The van der Waals surface area contributed by atoms with Gasteiger partial charge in [0.25, 0.3) is 11.8 Å². The molecule has 2 amide bonds. The largest absolute Gasteiger partial charge is 0.466 e. The lowest BCUT2D eigenvalue weighted by molar-refractivity contribution is -0.143. The summed E-state index contributed by atoms with van der Waals surface area (Å²) in [5.74, 6) is -0.369. The lowest BCUT2D eigenvalue weighted by atomic mass is 10.1. The molecule has 1 aliphatic heterocycles. The monoisotopic (exact) mass is 570 g/mol. The molecule has 41 heavy (non-hydrogen) atoms. The molecule has 6 heteroatoms. The van der Waals surface area contributed by atoms with Crippen molar-refractivity contribution in [2.45, 2.75) is 136 Å². The zero-order chi connectivity index (χ0) is 29.5. The van der Waals surface area contributed by atoms with Gasteiger partial charge >= 0.3 is 5.97 Å². The molecule has 2 rings (SSSR count). The molecule has 1 aliphatic rings. The third-order valence-electron chi connectivity index (χ3n) is 8.21. The number of hydrogen-bond acceptors (Lipinski definition) is 5. The van der Waals surface area contributed by atoms with Crippen LogP contribution in [0.25, 0.3) is 0 Å². The Balaban J connectivity index is 1.60. The molecule has 0 radical (unpaired) electrons. The molecule has 1 aromatic rings. The number of benzene rings is 1. The first-order chi connectivity index (χ1) is 20.1. The first-order valence-electron chi connectivity index (χ1n) is 16.9. The second-order valence-corrected chi connectivity index (χ2v) is 11.8. The van der Waals surface area contributed by atoms with Crippen molar-refractivity contribution in [2.24, 2.45) is 0 Å². The van der Waals surface area contributed by atoms with E-state index in [2.05, 4.69) is 18.7 Å². The Morgan fingerprint density at radius 2 is 1.10 bits per heavy atom. The van der Waals surface area contributed by atoms with Crippen molar-refractivity contribution in [3.8, 4) is 0 Å². The van der Waals surface area contributed by atoms with Crippen LogP contribution in [0.15, 0.2) is 24.3 Å². The number of esters is 1. The van der Waals surface area contributed by atoms with Crippen LogP contribution in [0, 0.1) is 0 Å².